The average Bonchev–Trinajstić information content (AvgIpc) is 2.78. The number of hydrogen-bond donors (Lipinski definition) is 0. The Hall–Kier alpha value is -2.04. The molecule has 0 fully saturated rings. The second-order valence-electron chi connectivity index (χ2n) is 10.8. The molecular weight excluding hydrogens is 486 g/mol. The molecule has 0 heterocycles. The zero-order chi connectivity index (χ0) is 26.5. The Bertz CT molecular complexity index is 1150. The van der Waals surface area contributed by atoms with Crippen molar-refractivity contribution in [1.29, 1.82) is 0 Å². The molecule has 0 bridgehead atoms. The molecule has 0 radical (unpaired) electrons. The van der Waals surface area contributed by atoms with Crippen LogP contribution < -0.4 is 21.2 Å². The van der Waals surface area contributed by atoms with Gasteiger partial charge in [-0.3, -0.25) is 0 Å². The Morgan fingerprint density at radius 1 is 0.500 bits per heavy atom. The molecule has 0 aliphatic carbocycles. The summed E-state index contributed by atoms with van der Waals surface area (Å²) in [4.78, 5) is 0. The van der Waals surface area contributed by atoms with E-state index in [1.807, 2.05) is 0 Å². The van der Waals surface area contributed by atoms with E-state index in [0.717, 1.165) is 8.58 Å². The molecule has 4 aromatic carbocycles. The van der Waals surface area contributed by atoms with Gasteiger partial charge in [-0.25, -0.2) is 0 Å². The molecule has 0 atom stereocenters. The highest BCUT2D eigenvalue weighted by Crippen LogP contribution is 2.44. The highest BCUT2D eigenvalue weighted by atomic mass is 31.4. The summed E-state index contributed by atoms with van der Waals surface area (Å²) in [5.41, 5.74) is 8.43. The van der Waals surface area contributed by atoms with Crippen LogP contribution in [0.25, 0.3) is 0 Å². The zero-order valence-corrected chi connectivity index (χ0v) is 26.4. The maximum Gasteiger partial charge on any atom is 0.0827 e. The predicted octanol–water partition coefficient (Wildman–Crippen LogP) is 8.12. The first kappa shape index (κ1) is 28.5. The first-order chi connectivity index (χ1) is 17.0. The van der Waals surface area contributed by atoms with Crippen LogP contribution in [0.3, 0.4) is 0 Å². The Morgan fingerprint density at radius 2 is 0.806 bits per heavy atom. The molecule has 0 aliphatic heterocycles. The summed E-state index contributed by atoms with van der Waals surface area (Å²) in [6.07, 6.45) is 0. The van der Waals surface area contributed by atoms with E-state index >= 15 is 0 Å². The van der Waals surface area contributed by atoms with E-state index in [2.05, 4.69) is 146 Å². The molecule has 0 unspecified atom stereocenters. The topological polar surface area (TPSA) is 0 Å². The van der Waals surface area contributed by atoms with Crippen LogP contribution in [-0.4, -0.2) is 7.74 Å². The fourth-order valence-electron chi connectivity index (χ4n) is 4.96. The van der Waals surface area contributed by atoms with Gasteiger partial charge in [0.25, 0.3) is 0 Å². The number of aryl methyl sites for hydroxylation is 6. The van der Waals surface area contributed by atoms with Gasteiger partial charge in [0.2, 0.25) is 0 Å². The third kappa shape index (κ3) is 7.49. The average molecular weight is 529 g/mol. The van der Waals surface area contributed by atoms with Gasteiger partial charge < -0.3 is 0 Å². The molecule has 0 nitrogen and oxygen atoms in total. The summed E-state index contributed by atoms with van der Waals surface area (Å²) < 4.78 is 0. The molecule has 3 heteroatoms. The molecule has 0 N–H and O–H groups in total. The molecule has 4 rings (SSSR count). The van der Waals surface area contributed by atoms with E-state index in [4.69, 9.17) is 0 Å². The van der Waals surface area contributed by atoms with Crippen LogP contribution in [0.5, 0.6) is 0 Å². The largest absolute Gasteiger partial charge is 0.0827 e. The summed E-state index contributed by atoms with van der Waals surface area (Å²) >= 11 is 0. The lowest BCUT2D eigenvalue weighted by Crippen LogP contribution is -2.30. The van der Waals surface area contributed by atoms with E-state index in [1.54, 1.807) is 0 Å². The Kier molecular flexibility index (Phi) is 9.88. The fourth-order valence-corrected chi connectivity index (χ4v) is 14.6. The van der Waals surface area contributed by atoms with Gasteiger partial charge >= 0.3 is 0 Å². The molecular formula is C33H42P2Si. The fraction of sp³-hybridized carbons (Fsp3) is 0.273. The molecule has 36 heavy (non-hydrogen) atoms. The van der Waals surface area contributed by atoms with E-state index in [0.29, 0.717) is 0 Å². The van der Waals surface area contributed by atoms with Crippen LogP contribution in [0.1, 0.15) is 33.4 Å². The second kappa shape index (κ2) is 12.5. The molecule has 0 amide bonds. The minimum absolute atomic E-state index is 0.153. The van der Waals surface area contributed by atoms with Crippen molar-refractivity contribution < 1.29 is 0 Å². The SMILES string of the molecule is C[Si](C)(C)P(c1ccccc1)c1ccccc1.Cc1cc(C)c(Pc2c(C)cc(C)cc2C)c(C)c1. The Balaban J connectivity index is 0.000000202. The highest BCUT2D eigenvalue weighted by molar-refractivity contribution is 8.04. The van der Waals surface area contributed by atoms with E-state index in [1.165, 1.54) is 54.6 Å². The first-order valence-electron chi connectivity index (χ1n) is 12.8. The second-order valence-corrected chi connectivity index (χ2v) is 23.5. The van der Waals surface area contributed by atoms with Crippen LogP contribution >= 0.6 is 16.1 Å². The third-order valence-corrected chi connectivity index (χ3v) is 16.9. The van der Waals surface area contributed by atoms with Crippen molar-refractivity contribution in [3.05, 3.63) is 118 Å². The third-order valence-electron chi connectivity index (χ3n) is 6.30. The molecule has 0 spiro atoms. The summed E-state index contributed by atoms with van der Waals surface area (Å²) in [6.45, 7) is 20.7. The molecule has 0 saturated heterocycles. The lowest BCUT2D eigenvalue weighted by Gasteiger charge is -2.30. The van der Waals surface area contributed by atoms with Gasteiger partial charge in [0.1, 0.15) is 0 Å². The van der Waals surface area contributed by atoms with Crippen molar-refractivity contribution >= 4 is 45.0 Å². The lowest BCUT2D eigenvalue weighted by molar-refractivity contribution is 1.35. The van der Waals surface area contributed by atoms with Crippen molar-refractivity contribution in [3.8, 4) is 0 Å². The number of hydrogen-bond acceptors (Lipinski definition) is 0. The molecule has 4 aromatic rings. The quantitative estimate of drug-likeness (QED) is 0.181. The predicted molar refractivity (Wildman–Crippen MR) is 171 cm³/mol. The number of rotatable bonds is 5. The summed E-state index contributed by atoms with van der Waals surface area (Å²) in [5.74, 6) is 0. The first-order valence-corrected chi connectivity index (χ1v) is 19.5. The van der Waals surface area contributed by atoms with E-state index in [-0.39, 0.29) is 7.47 Å². The smallest absolute Gasteiger partial charge is 0.0651 e. The summed E-state index contributed by atoms with van der Waals surface area (Å²) in [5, 5.41) is 6.07. The minimum Gasteiger partial charge on any atom is -0.0651 e. The van der Waals surface area contributed by atoms with Gasteiger partial charge in [0.15, 0.2) is 0 Å². The van der Waals surface area contributed by atoms with Crippen LogP contribution in [0.2, 0.25) is 19.6 Å². The van der Waals surface area contributed by atoms with Crippen molar-refractivity contribution in [1.82, 2.24) is 0 Å². The highest BCUT2D eigenvalue weighted by Gasteiger charge is 2.28. The zero-order valence-electron chi connectivity index (χ0n) is 23.5. The van der Waals surface area contributed by atoms with Gasteiger partial charge in [0, 0.05) is 0 Å². The van der Waals surface area contributed by atoms with Crippen molar-refractivity contribution in [2.75, 3.05) is 0 Å². The van der Waals surface area contributed by atoms with E-state index in [9.17, 15) is 0 Å². The van der Waals surface area contributed by atoms with Crippen LogP contribution in [-0.2, 0) is 0 Å². The van der Waals surface area contributed by atoms with Gasteiger partial charge in [-0.2, -0.15) is 0 Å². The monoisotopic (exact) mass is 528 g/mol. The van der Waals surface area contributed by atoms with Gasteiger partial charge in [0.05, 0.1) is 7.74 Å². The maximum atomic E-state index is 2.47. The van der Waals surface area contributed by atoms with Crippen LogP contribution in [0.15, 0.2) is 84.9 Å². The standard InChI is InChI=1S/C18H23P.C15H19PSi/c1-11-7-13(3)17(14(4)8-11)19-18-15(5)9-12(2)10-16(18)6;1-17(2,3)16(14-10-6-4-7-11-14)15-12-8-5-9-13-15/h7-10,19H,1-6H3;4-13H,1-3H3. The van der Waals surface area contributed by atoms with Gasteiger partial charge in [-0.05, 0) is 85.0 Å². The minimum atomic E-state index is -1.20. The van der Waals surface area contributed by atoms with Gasteiger partial charge in [-0.1, -0.05) is 132 Å². The lowest BCUT2D eigenvalue weighted by atomic mass is 10.1. The van der Waals surface area contributed by atoms with Crippen molar-refractivity contribution in [2.45, 2.75) is 61.2 Å². The molecule has 0 aliphatic rings. The van der Waals surface area contributed by atoms with E-state index < -0.39 is 7.74 Å². The maximum absolute atomic E-state index is 2.47. The summed E-state index contributed by atoms with van der Waals surface area (Å²) in [6, 6.07) is 31.2. The Labute approximate surface area is 224 Å². The number of benzene rings is 4. The van der Waals surface area contributed by atoms with Crippen LogP contribution in [0, 0.1) is 41.5 Å². The van der Waals surface area contributed by atoms with Gasteiger partial charge in [-0.15, -0.1) is 0 Å². The van der Waals surface area contributed by atoms with Crippen molar-refractivity contribution in [3.63, 3.8) is 0 Å². The Morgan fingerprint density at radius 3 is 1.08 bits per heavy atom. The molecule has 188 valence electrons. The normalized spacial score (nSPS) is 11.3. The molecule has 0 aromatic heterocycles. The van der Waals surface area contributed by atoms with Crippen LogP contribution in [0.4, 0.5) is 0 Å². The molecule has 0 saturated carbocycles. The van der Waals surface area contributed by atoms with Crippen molar-refractivity contribution in [2.24, 2.45) is 0 Å². The summed E-state index contributed by atoms with van der Waals surface area (Å²) in [7, 11) is -0.592.